The maximum atomic E-state index is 13.8. The Morgan fingerprint density at radius 2 is 1.66 bits per heavy atom. The molecule has 8 bridgehead atoms. The van der Waals surface area contributed by atoms with Gasteiger partial charge in [0.2, 0.25) is 5.91 Å². The lowest BCUT2D eigenvalue weighted by Gasteiger charge is -2.19. The van der Waals surface area contributed by atoms with Crippen molar-refractivity contribution in [2.75, 3.05) is 6.54 Å². The topological polar surface area (TPSA) is 224 Å². The SMILES string of the molecule is C=Cc1c(C)c2cc3nc(c(CC(=O)NC(CCCCN)C(=O)O)c4nc(cc5[nH]c(cc1[nH]2)c(C)c5CC)C(C)=C4C(=O)O)[C@@H](CCC(=O)O)[C@@H]3C. The number of rotatable bonds is 14. The third-order valence-electron chi connectivity index (χ3n) is 10.5. The number of carbonyl (C=O) groups is 4. The predicted octanol–water partition coefficient (Wildman–Crippen LogP) is 6.15. The Kier molecular flexibility index (Phi) is 11.7. The quantitative estimate of drug-likeness (QED) is 0.0940. The molecule has 13 heteroatoms. The van der Waals surface area contributed by atoms with Crippen molar-refractivity contribution in [3.8, 4) is 0 Å². The van der Waals surface area contributed by atoms with E-state index >= 15 is 0 Å². The van der Waals surface area contributed by atoms with Crippen LogP contribution in [0.15, 0.2) is 24.8 Å². The van der Waals surface area contributed by atoms with Gasteiger partial charge in [0.05, 0.1) is 29.1 Å². The second-order valence-corrected chi connectivity index (χ2v) is 13.8. The van der Waals surface area contributed by atoms with E-state index in [2.05, 4.69) is 21.9 Å². The van der Waals surface area contributed by atoms with E-state index in [9.17, 15) is 34.5 Å². The van der Waals surface area contributed by atoms with Crippen LogP contribution in [0.3, 0.4) is 0 Å². The Morgan fingerprint density at radius 3 is 2.28 bits per heavy atom. The molecule has 5 rings (SSSR count). The largest absolute Gasteiger partial charge is 0.481 e. The number of aromatic amines is 2. The van der Waals surface area contributed by atoms with Crippen molar-refractivity contribution in [3.63, 3.8) is 0 Å². The van der Waals surface area contributed by atoms with Crippen LogP contribution in [0.25, 0.3) is 39.3 Å². The fourth-order valence-electron chi connectivity index (χ4n) is 7.53. The molecule has 0 spiro atoms. The molecular weight excluding hydrogens is 676 g/mol. The number of amides is 1. The van der Waals surface area contributed by atoms with Gasteiger partial charge in [-0.2, -0.15) is 0 Å². The van der Waals surface area contributed by atoms with Gasteiger partial charge >= 0.3 is 17.9 Å². The fourth-order valence-corrected chi connectivity index (χ4v) is 7.53. The average Bonchev–Trinajstić information content (AvgIpc) is 3.78. The van der Waals surface area contributed by atoms with Crippen molar-refractivity contribution in [1.82, 2.24) is 25.3 Å². The number of H-pyrrole nitrogens is 2. The number of carboxylic acids is 3. The standard InChI is InChI=1S/C40H48N6O7/c1-7-23-19(3)28-16-30-21(5)25(12-13-35(48)49)37(45-30)26(15-34(47)44-27(39(50)51)11-9-10-14-41)38-36(40(52)53)22(6)31(46-38)18-33-24(8-2)20(4)29(43-33)17-32(23)42-28/h7,16-18,21,25,27,42-43H,1,8-15,41H2,2-6H3,(H,44,47)(H,48,49)(H,50,51)(H,52,53)/t21-,25-,27?/m0/s1. The lowest BCUT2D eigenvalue weighted by atomic mass is 9.84. The van der Waals surface area contributed by atoms with Crippen LogP contribution < -0.4 is 11.1 Å². The van der Waals surface area contributed by atoms with Gasteiger partial charge in [0.1, 0.15) is 6.04 Å². The fraction of sp³-hybridized carbons (Fsp3) is 0.400. The molecule has 280 valence electrons. The zero-order valence-electron chi connectivity index (χ0n) is 30.9. The summed E-state index contributed by atoms with van der Waals surface area (Å²) < 4.78 is 0. The van der Waals surface area contributed by atoms with Crippen LogP contribution in [0.5, 0.6) is 0 Å². The summed E-state index contributed by atoms with van der Waals surface area (Å²) in [5.41, 5.74) is 14.5. The Morgan fingerprint density at radius 1 is 0.962 bits per heavy atom. The van der Waals surface area contributed by atoms with Crippen LogP contribution in [-0.4, -0.2) is 71.7 Å². The van der Waals surface area contributed by atoms with Crippen molar-refractivity contribution in [3.05, 3.63) is 75.4 Å². The summed E-state index contributed by atoms with van der Waals surface area (Å²) in [6, 6.07) is 4.54. The number of unbranched alkanes of at least 4 members (excludes halogenated alkanes) is 1. The lowest BCUT2D eigenvalue weighted by molar-refractivity contribution is -0.142. The molecule has 2 aliphatic rings. The summed E-state index contributed by atoms with van der Waals surface area (Å²) in [5, 5.41) is 32.9. The molecule has 0 fully saturated rings. The molecule has 1 unspecified atom stereocenters. The van der Waals surface area contributed by atoms with Gasteiger partial charge in [-0.25, -0.2) is 14.6 Å². The second kappa shape index (κ2) is 16.0. The van der Waals surface area contributed by atoms with Gasteiger partial charge in [-0.1, -0.05) is 26.5 Å². The van der Waals surface area contributed by atoms with Crippen LogP contribution in [0.2, 0.25) is 0 Å². The molecule has 53 heavy (non-hydrogen) atoms. The molecule has 0 radical (unpaired) electrons. The summed E-state index contributed by atoms with van der Waals surface area (Å²) in [6.45, 7) is 14.1. The summed E-state index contributed by atoms with van der Waals surface area (Å²) in [7, 11) is 0. The van der Waals surface area contributed by atoms with E-state index in [4.69, 9.17) is 15.7 Å². The van der Waals surface area contributed by atoms with Gasteiger partial charge in [0.25, 0.3) is 0 Å². The molecule has 8 N–H and O–H groups in total. The maximum absolute atomic E-state index is 13.8. The van der Waals surface area contributed by atoms with E-state index in [1.165, 1.54) is 0 Å². The maximum Gasteiger partial charge on any atom is 0.338 e. The number of nitrogens with one attached hydrogen (secondary N) is 3. The van der Waals surface area contributed by atoms with Crippen molar-refractivity contribution in [2.24, 2.45) is 5.73 Å². The molecule has 0 aliphatic carbocycles. The van der Waals surface area contributed by atoms with Gasteiger partial charge in [0.15, 0.2) is 0 Å². The van der Waals surface area contributed by atoms with Crippen LogP contribution in [0, 0.1) is 13.8 Å². The smallest absolute Gasteiger partial charge is 0.338 e. The highest BCUT2D eigenvalue weighted by Crippen LogP contribution is 2.43. The van der Waals surface area contributed by atoms with E-state index in [1.54, 1.807) is 13.0 Å². The van der Waals surface area contributed by atoms with Gasteiger partial charge < -0.3 is 36.3 Å². The predicted molar refractivity (Wildman–Crippen MR) is 204 cm³/mol. The molecule has 0 saturated heterocycles. The first-order chi connectivity index (χ1) is 25.2. The molecule has 0 saturated carbocycles. The summed E-state index contributed by atoms with van der Waals surface area (Å²) in [5.74, 6) is -4.99. The number of aryl methyl sites for hydroxylation is 3. The average molecular weight is 725 g/mol. The number of aromatic nitrogens is 4. The number of carbonyl (C=O) groups excluding carboxylic acids is 1. The molecule has 3 aromatic rings. The van der Waals surface area contributed by atoms with E-state index in [0.717, 1.165) is 44.3 Å². The highest BCUT2D eigenvalue weighted by Gasteiger charge is 2.36. The molecule has 1 amide bonds. The summed E-state index contributed by atoms with van der Waals surface area (Å²) in [6.07, 6.45) is 3.22. The van der Waals surface area contributed by atoms with E-state index in [1.807, 2.05) is 45.9 Å². The van der Waals surface area contributed by atoms with Crippen molar-refractivity contribution < 1.29 is 34.5 Å². The monoisotopic (exact) mass is 724 g/mol. The molecule has 3 aromatic heterocycles. The minimum Gasteiger partial charge on any atom is -0.481 e. The number of carboxylic acid groups (broad SMARTS) is 3. The van der Waals surface area contributed by atoms with Crippen molar-refractivity contribution >= 4 is 63.1 Å². The first-order valence-corrected chi connectivity index (χ1v) is 18.0. The third kappa shape index (κ3) is 7.80. The molecule has 5 heterocycles. The van der Waals surface area contributed by atoms with Crippen molar-refractivity contribution in [1.29, 1.82) is 0 Å². The minimum atomic E-state index is -1.26. The zero-order valence-corrected chi connectivity index (χ0v) is 30.9. The number of hydrogen-bond donors (Lipinski definition) is 7. The van der Waals surface area contributed by atoms with E-state index in [0.29, 0.717) is 48.5 Å². The second-order valence-electron chi connectivity index (χ2n) is 13.8. The molecule has 2 aliphatic heterocycles. The van der Waals surface area contributed by atoms with Gasteiger partial charge in [-0.3, -0.25) is 14.6 Å². The molecule has 3 atom stereocenters. The number of aliphatic carboxylic acids is 3. The Labute approximate surface area is 307 Å². The molecular formula is C40H48N6O7. The summed E-state index contributed by atoms with van der Waals surface area (Å²) in [4.78, 5) is 67.9. The van der Waals surface area contributed by atoms with Gasteiger partial charge in [-0.05, 0) is 99.9 Å². The Balaban J connectivity index is 1.91. The van der Waals surface area contributed by atoms with E-state index < -0.39 is 42.2 Å². The molecule has 0 aromatic carbocycles. The Hall–Kier alpha value is -5.56. The number of hydrogen-bond acceptors (Lipinski definition) is 7. The summed E-state index contributed by atoms with van der Waals surface area (Å²) >= 11 is 0. The first kappa shape index (κ1) is 38.7. The lowest BCUT2D eigenvalue weighted by Crippen LogP contribution is -2.41. The van der Waals surface area contributed by atoms with Gasteiger partial charge in [-0.15, -0.1) is 0 Å². The van der Waals surface area contributed by atoms with Crippen LogP contribution in [0.4, 0.5) is 0 Å². The Bertz CT molecular complexity index is 2190. The van der Waals surface area contributed by atoms with Crippen LogP contribution >= 0.6 is 0 Å². The van der Waals surface area contributed by atoms with E-state index in [-0.39, 0.29) is 42.0 Å². The number of allylic oxidation sites excluding steroid dienone is 1. The highest BCUT2D eigenvalue weighted by atomic mass is 16.4. The van der Waals surface area contributed by atoms with Crippen molar-refractivity contribution in [2.45, 2.75) is 97.4 Å². The number of nitrogens with zero attached hydrogens (tertiary/aromatic N) is 2. The van der Waals surface area contributed by atoms with Gasteiger partial charge in [0, 0.05) is 57.1 Å². The normalized spacial score (nSPS) is 16.0. The number of nitrogens with two attached hydrogens (primary N) is 1. The first-order valence-electron chi connectivity index (χ1n) is 18.0. The van der Waals surface area contributed by atoms with Crippen LogP contribution in [-0.2, 0) is 32.0 Å². The van der Waals surface area contributed by atoms with Crippen LogP contribution in [0.1, 0.15) is 115 Å². The third-order valence-corrected chi connectivity index (χ3v) is 10.5. The minimum absolute atomic E-state index is 0.0337. The zero-order chi connectivity index (χ0) is 38.7. The number of fused-ring (bicyclic) bond motifs is 8. The highest BCUT2D eigenvalue weighted by molar-refractivity contribution is 6.24. The molecule has 13 nitrogen and oxygen atoms in total.